The fourth-order valence-corrected chi connectivity index (χ4v) is 7.45. The van der Waals surface area contributed by atoms with Crippen LogP contribution in [0.1, 0.15) is 57.4 Å². The number of imidazole rings is 1. The van der Waals surface area contributed by atoms with Crippen LogP contribution in [0.3, 0.4) is 0 Å². The molecule has 0 spiro atoms. The Kier molecular flexibility index (Phi) is 7.35. The molecule has 8 nitrogen and oxygen atoms in total. The van der Waals surface area contributed by atoms with E-state index in [2.05, 4.69) is 9.97 Å². The van der Waals surface area contributed by atoms with Crippen molar-refractivity contribution in [2.45, 2.75) is 51.6 Å². The number of carbonyl (C=O) groups excluding carboxylic acids is 1. The van der Waals surface area contributed by atoms with E-state index in [0.717, 1.165) is 33.3 Å². The number of halogens is 1. The third kappa shape index (κ3) is 4.90. The smallest absolute Gasteiger partial charge is 0.354 e. The lowest BCUT2D eigenvalue weighted by Crippen LogP contribution is -2.44. The molecule has 3 aromatic heterocycles. The van der Waals surface area contributed by atoms with Gasteiger partial charge in [-0.25, -0.2) is 14.8 Å². The van der Waals surface area contributed by atoms with Crippen LogP contribution >= 0.6 is 34.3 Å². The number of hydrogen-bond acceptors (Lipinski definition) is 7. The van der Waals surface area contributed by atoms with Gasteiger partial charge in [0.1, 0.15) is 5.69 Å². The Morgan fingerprint density at radius 1 is 1.24 bits per heavy atom. The summed E-state index contributed by atoms with van der Waals surface area (Å²) in [6, 6.07) is 8.10. The minimum absolute atomic E-state index is 0.0316. The minimum Gasteiger partial charge on any atom is -0.477 e. The van der Waals surface area contributed by atoms with Crippen molar-refractivity contribution in [2.24, 2.45) is 11.7 Å². The monoisotopic (exact) mass is 557 g/mol. The van der Waals surface area contributed by atoms with Crippen molar-refractivity contribution in [3.63, 3.8) is 0 Å². The van der Waals surface area contributed by atoms with Crippen LogP contribution in [0.25, 0.3) is 15.4 Å². The summed E-state index contributed by atoms with van der Waals surface area (Å²) in [5.74, 6) is -0.297. The van der Waals surface area contributed by atoms with E-state index in [0.29, 0.717) is 34.9 Å². The van der Waals surface area contributed by atoms with Gasteiger partial charge in [0.15, 0.2) is 10.7 Å². The normalized spacial score (nSPS) is 20.6. The molecule has 1 aromatic carbocycles. The predicted molar refractivity (Wildman–Crippen MR) is 147 cm³/mol. The summed E-state index contributed by atoms with van der Waals surface area (Å²) in [7, 11) is 0. The summed E-state index contributed by atoms with van der Waals surface area (Å²) in [5, 5.41) is 12.2. The van der Waals surface area contributed by atoms with Crippen molar-refractivity contribution in [2.75, 3.05) is 6.54 Å². The summed E-state index contributed by atoms with van der Waals surface area (Å²) >= 11 is 9.13. The number of rotatable bonds is 4. The molecule has 0 unspecified atom stereocenters. The average molecular weight is 558 g/mol. The van der Waals surface area contributed by atoms with Gasteiger partial charge in [-0.2, -0.15) is 0 Å². The molecule has 2 aliphatic rings. The number of nitrogens with zero attached hydrogens (tertiary/aromatic N) is 4. The number of carbonyl (C=O) groups is 2. The molecule has 3 N–H and O–H groups in total. The Balaban J connectivity index is 0.000000195. The highest BCUT2D eigenvalue weighted by atomic mass is 35.5. The first-order valence-electron chi connectivity index (χ1n) is 12.2. The van der Waals surface area contributed by atoms with Crippen molar-refractivity contribution in [1.82, 2.24) is 19.3 Å². The minimum atomic E-state index is -0.932. The van der Waals surface area contributed by atoms with Gasteiger partial charge in [0.25, 0.3) is 5.91 Å². The van der Waals surface area contributed by atoms with Crippen molar-refractivity contribution < 1.29 is 14.7 Å². The summed E-state index contributed by atoms with van der Waals surface area (Å²) < 4.78 is 1.59. The number of benzene rings is 1. The summed E-state index contributed by atoms with van der Waals surface area (Å²) in [4.78, 5) is 36.5. The lowest BCUT2D eigenvalue weighted by Gasteiger charge is -2.29. The number of likely N-dealkylation sites (tertiary alicyclic amines) is 1. The van der Waals surface area contributed by atoms with Gasteiger partial charge in [-0.15, -0.1) is 22.7 Å². The van der Waals surface area contributed by atoms with Crippen LogP contribution in [0.2, 0.25) is 5.02 Å². The Morgan fingerprint density at radius 2 is 2.05 bits per heavy atom. The number of nitrogens with two attached hydrogens (primary N) is 1. The van der Waals surface area contributed by atoms with Crippen LogP contribution in [0.15, 0.2) is 35.8 Å². The zero-order valence-electron chi connectivity index (χ0n) is 20.6. The van der Waals surface area contributed by atoms with E-state index >= 15 is 0 Å². The van der Waals surface area contributed by atoms with Crippen molar-refractivity contribution in [3.05, 3.63) is 63.0 Å². The van der Waals surface area contributed by atoms with Gasteiger partial charge in [-0.1, -0.05) is 30.2 Å². The van der Waals surface area contributed by atoms with Gasteiger partial charge in [-0.3, -0.25) is 9.20 Å². The fraction of sp³-hybridized carbons (Fsp3) is 0.385. The van der Waals surface area contributed by atoms with E-state index in [1.54, 1.807) is 28.9 Å². The Bertz CT molecular complexity index is 1460. The molecule has 194 valence electrons. The number of fused-ring (bicyclic) bond motifs is 2. The molecular weight excluding hydrogens is 530 g/mol. The first kappa shape index (κ1) is 25.8. The van der Waals surface area contributed by atoms with Crippen LogP contribution in [-0.2, 0) is 0 Å². The Morgan fingerprint density at radius 3 is 2.78 bits per heavy atom. The van der Waals surface area contributed by atoms with Gasteiger partial charge in [0, 0.05) is 35.2 Å². The largest absolute Gasteiger partial charge is 0.477 e. The Labute approximate surface area is 227 Å². The summed E-state index contributed by atoms with van der Waals surface area (Å²) in [5.41, 5.74) is 8.31. The van der Waals surface area contributed by atoms with E-state index < -0.39 is 5.97 Å². The van der Waals surface area contributed by atoms with E-state index in [-0.39, 0.29) is 17.6 Å². The average Bonchev–Trinajstić information content (AvgIpc) is 3.65. The topological polar surface area (TPSA) is 114 Å². The van der Waals surface area contributed by atoms with Crippen molar-refractivity contribution >= 4 is 51.1 Å². The predicted octanol–water partition coefficient (Wildman–Crippen LogP) is 5.52. The van der Waals surface area contributed by atoms with Gasteiger partial charge < -0.3 is 15.7 Å². The quantitative estimate of drug-likeness (QED) is 0.342. The standard InChI is InChI=1S/C19H22ClN3OS.C7H6N2O2S/c1-11-22-17(18(25-11)13-5-2-6-14(20)8-13)19(24)23-15(10-21)9-12-4-3-7-16(12)23;1-4-5(6(10)11)9-2-3-12-7(9)8-4/h2,5-6,8,12,15-16H,3-4,7,9-10,21H2,1H3;2-3H,1H3,(H,10,11)/t12-,15-,16-;/m0./s1. The maximum absolute atomic E-state index is 13.4. The van der Waals surface area contributed by atoms with Gasteiger partial charge >= 0.3 is 5.97 Å². The second kappa shape index (κ2) is 10.5. The van der Waals surface area contributed by atoms with Crippen LogP contribution in [-0.4, -0.2) is 54.9 Å². The molecule has 11 heteroatoms. The zero-order chi connectivity index (χ0) is 26.3. The molecule has 1 amide bonds. The van der Waals surface area contributed by atoms with Crippen molar-refractivity contribution in [1.29, 1.82) is 0 Å². The second-order valence-electron chi connectivity index (χ2n) is 9.42. The van der Waals surface area contributed by atoms with Crippen LogP contribution in [0.4, 0.5) is 0 Å². The van der Waals surface area contributed by atoms with Crippen LogP contribution in [0, 0.1) is 19.8 Å². The lowest BCUT2D eigenvalue weighted by atomic mass is 10.0. The van der Waals surface area contributed by atoms with E-state index in [4.69, 9.17) is 22.4 Å². The molecule has 37 heavy (non-hydrogen) atoms. The first-order valence-corrected chi connectivity index (χ1v) is 14.3. The molecule has 1 saturated carbocycles. The summed E-state index contributed by atoms with van der Waals surface area (Å²) in [6.45, 7) is 4.16. The molecule has 1 saturated heterocycles. The number of amides is 1. The molecule has 0 radical (unpaired) electrons. The molecule has 4 heterocycles. The molecule has 2 fully saturated rings. The highest BCUT2D eigenvalue weighted by molar-refractivity contribution is 7.15. The van der Waals surface area contributed by atoms with Crippen LogP contribution < -0.4 is 5.73 Å². The second-order valence-corrected chi connectivity index (χ2v) is 11.9. The molecule has 1 aliphatic heterocycles. The van der Waals surface area contributed by atoms with E-state index in [1.165, 1.54) is 24.2 Å². The van der Waals surface area contributed by atoms with Gasteiger partial charge in [0.2, 0.25) is 0 Å². The molecule has 4 aromatic rings. The summed E-state index contributed by atoms with van der Waals surface area (Å²) in [6.07, 6.45) is 6.24. The lowest BCUT2D eigenvalue weighted by molar-refractivity contribution is 0.0658. The van der Waals surface area contributed by atoms with Crippen molar-refractivity contribution in [3.8, 4) is 10.4 Å². The van der Waals surface area contributed by atoms with E-state index in [9.17, 15) is 9.59 Å². The highest BCUT2D eigenvalue weighted by Gasteiger charge is 2.46. The fourth-order valence-electron chi connectivity index (χ4n) is 5.59. The number of aromatic nitrogens is 3. The SMILES string of the molecule is Cc1nc(C(=O)N2[C@H](CN)C[C@@H]3CCC[C@@H]32)c(-c2cccc(Cl)c2)s1.Cc1nc2sccn2c1C(=O)O. The maximum Gasteiger partial charge on any atom is 0.354 e. The number of aromatic carboxylic acids is 1. The van der Waals surface area contributed by atoms with Crippen LogP contribution in [0.5, 0.6) is 0 Å². The third-order valence-corrected chi connectivity index (χ3v) is 9.13. The van der Waals surface area contributed by atoms with Gasteiger partial charge in [-0.05, 0) is 56.7 Å². The third-order valence-electron chi connectivity index (χ3n) is 7.11. The number of thiazole rings is 2. The van der Waals surface area contributed by atoms with E-state index in [1.807, 2.05) is 41.5 Å². The maximum atomic E-state index is 13.4. The zero-order valence-corrected chi connectivity index (χ0v) is 22.9. The van der Waals surface area contributed by atoms with Gasteiger partial charge in [0.05, 0.1) is 15.6 Å². The number of carboxylic acids is 1. The molecule has 6 rings (SSSR count). The molecule has 1 aliphatic carbocycles. The molecule has 3 atom stereocenters. The Hall–Kier alpha value is -2.79. The number of carboxylic acid groups (broad SMARTS) is 1. The molecule has 0 bridgehead atoms. The first-order chi connectivity index (χ1) is 17.8. The molecular formula is C26H28ClN5O3S2. The number of hydrogen-bond donors (Lipinski definition) is 2. The highest BCUT2D eigenvalue weighted by Crippen LogP contribution is 2.43. The number of aryl methyl sites for hydroxylation is 2.